The summed E-state index contributed by atoms with van der Waals surface area (Å²) in [5.41, 5.74) is 1.74. The molecule has 5 aromatic rings. The molecule has 1 aromatic heterocycles. The number of aliphatic hydroxyl groups excluding tert-OH is 4. The minimum atomic E-state index is -1.48. The Morgan fingerprint density at radius 1 is 0.861 bits per heavy atom. The van der Waals surface area contributed by atoms with Gasteiger partial charge in [-0.3, -0.25) is 0 Å². The highest BCUT2D eigenvalue weighted by atomic mass is 16.6. The first-order valence-corrected chi connectivity index (χ1v) is 12.0. The number of aliphatic hydroxyl groups is 4. The number of rotatable bonds is 7. The Labute approximate surface area is 206 Å². The maximum Gasteiger partial charge on any atom is 0.180 e. The summed E-state index contributed by atoms with van der Waals surface area (Å²) < 4.78 is 12.7. The van der Waals surface area contributed by atoms with Crippen molar-refractivity contribution >= 4 is 32.3 Å². The topological polar surface area (TPSA) is 130 Å². The van der Waals surface area contributed by atoms with Crippen molar-refractivity contribution in [1.82, 2.24) is 15.0 Å². The van der Waals surface area contributed by atoms with E-state index in [1.165, 1.54) is 42.6 Å². The molecule has 36 heavy (non-hydrogen) atoms. The third kappa shape index (κ3) is 3.90. The lowest BCUT2D eigenvalue weighted by Gasteiger charge is -2.39. The molecular formula is C27H27N3O6. The molecule has 0 bridgehead atoms. The molecule has 0 saturated carbocycles. The van der Waals surface area contributed by atoms with Crippen molar-refractivity contribution in [2.75, 3.05) is 13.2 Å². The highest BCUT2D eigenvalue weighted by Crippen LogP contribution is 2.36. The molecule has 6 rings (SSSR count). The van der Waals surface area contributed by atoms with Crippen molar-refractivity contribution < 1.29 is 29.9 Å². The van der Waals surface area contributed by atoms with Gasteiger partial charge in [0.05, 0.1) is 26.0 Å². The van der Waals surface area contributed by atoms with Gasteiger partial charge in [-0.2, -0.15) is 0 Å². The lowest BCUT2D eigenvalue weighted by atomic mass is 9.91. The van der Waals surface area contributed by atoms with Crippen LogP contribution in [0.1, 0.15) is 17.5 Å². The summed E-state index contributed by atoms with van der Waals surface area (Å²) in [5, 5.41) is 55.1. The zero-order chi connectivity index (χ0) is 24.8. The molecule has 0 spiro atoms. The smallest absolute Gasteiger partial charge is 0.180 e. The normalized spacial score (nSPS) is 24.8. The minimum absolute atomic E-state index is 0.212. The van der Waals surface area contributed by atoms with Gasteiger partial charge in [-0.15, -0.1) is 5.10 Å². The summed E-state index contributed by atoms with van der Waals surface area (Å²) in [6.45, 7) is 0.190. The Morgan fingerprint density at radius 3 is 2.36 bits per heavy atom. The zero-order valence-electron chi connectivity index (χ0n) is 19.4. The zero-order valence-corrected chi connectivity index (χ0v) is 19.4. The molecule has 4 N–H and O–H groups in total. The van der Waals surface area contributed by atoms with Gasteiger partial charge in [-0.25, -0.2) is 4.68 Å². The Bertz CT molecular complexity index is 1490. The molecule has 0 radical (unpaired) electrons. The first-order chi connectivity index (χ1) is 17.5. The number of hydrogen-bond acceptors (Lipinski definition) is 8. The Hall–Kier alpha value is -3.18. The molecular weight excluding hydrogens is 462 g/mol. The number of aromatic nitrogens is 3. The summed E-state index contributed by atoms with van der Waals surface area (Å²) in [7, 11) is 0. The van der Waals surface area contributed by atoms with Crippen molar-refractivity contribution in [3.05, 3.63) is 72.1 Å². The summed E-state index contributed by atoms with van der Waals surface area (Å²) in [5.74, 6) is 0. The van der Waals surface area contributed by atoms with Crippen LogP contribution < -0.4 is 0 Å². The second-order valence-electron chi connectivity index (χ2n) is 9.29. The molecule has 1 aliphatic heterocycles. The van der Waals surface area contributed by atoms with Crippen LogP contribution in [-0.4, -0.2) is 73.0 Å². The number of benzene rings is 4. The maximum absolute atomic E-state index is 10.3. The second-order valence-corrected chi connectivity index (χ2v) is 9.29. The van der Waals surface area contributed by atoms with Gasteiger partial charge in [-0.1, -0.05) is 59.8 Å². The van der Waals surface area contributed by atoms with Gasteiger partial charge >= 0.3 is 0 Å². The fourth-order valence-corrected chi connectivity index (χ4v) is 5.18. The van der Waals surface area contributed by atoms with E-state index in [2.05, 4.69) is 64.9 Å². The van der Waals surface area contributed by atoms with Crippen molar-refractivity contribution in [3.63, 3.8) is 0 Å². The standard InChI is InChI=1S/C27H27N3O6/c31-13-21-24(32)25(33)26(34)27(36-21)30-12-19(28-29-30)14-35-11-10-15-4-5-18-7-6-16-2-1-3-17-8-9-20(15)23(18)22(16)17/h1-9,12,21,24-27,31-34H,10-11,13-14H2/t21-,24-,25+,26-,27-/m1/s1. The molecule has 4 aromatic carbocycles. The van der Waals surface area contributed by atoms with Crippen LogP contribution in [0.4, 0.5) is 0 Å². The van der Waals surface area contributed by atoms with Crippen LogP contribution >= 0.6 is 0 Å². The average Bonchev–Trinajstić information content (AvgIpc) is 3.38. The van der Waals surface area contributed by atoms with E-state index in [1.807, 2.05) is 0 Å². The molecule has 2 heterocycles. The Kier molecular flexibility index (Phi) is 6.04. The predicted octanol–water partition coefficient (Wildman–Crippen LogP) is 1.91. The third-order valence-corrected chi connectivity index (χ3v) is 7.07. The molecule has 0 amide bonds. The Balaban J connectivity index is 1.13. The highest BCUT2D eigenvalue weighted by Gasteiger charge is 2.44. The monoisotopic (exact) mass is 489 g/mol. The summed E-state index contributed by atoms with van der Waals surface area (Å²) in [4.78, 5) is 0. The SMILES string of the molecule is OC[C@H]1O[C@@H](n2cc(COCCc3ccc4ccc5cccc6ccc3c4c56)nn2)[C@H](O)[C@@H](O)[C@@H]1O. The molecule has 5 atom stereocenters. The van der Waals surface area contributed by atoms with E-state index in [0.29, 0.717) is 12.3 Å². The van der Waals surface area contributed by atoms with Crippen LogP contribution in [0.25, 0.3) is 32.3 Å². The number of ether oxygens (including phenoxy) is 2. The van der Waals surface area contributed by atoms with Gasteiger partial charge in [-0.05, 0) is 44.3 Å². The summed E-state index contributed by atoms with van der Waals surface area (Å²) in [6, 6.07) is 19.4. The van der Waals surface area contributed by atoms with Gasteiger partial charge in [0.15, 0.2) is 6.23 Å². The van der Waals surface area contributed by atoms with E-state index in [9.17, 15) is 20.4 Å². The van der Waals surface area contributed by atoms with Crippen molar-refractivity contribution in [2.45, 2.75) is 43.7 Å². The molecule has 9 heteroatoms. The van der Waals surface area contributed by atoms with Crippen LogP contribution in [0.5, 0.6) is 0 Å². The second kappa shape index (κ2) is 9.36. The van der Waals surface area contributed by atoms with Gasteiger partial charge in [0, 0.05) is 0 Å². The van der Waals surface area contributed by atoms with Crippen molar-refractivity contribution in [2.24, 2.45) is 0 Å². The summed E-state index contributed by atoms with van der Waals surface area (Å²) >= 11 is 0. The van der Waals surface area contributed by atoms with E-state index in [4.69, 9.17) is 9.47 Å². The number of hydrogen-bond donors (Lipinski definition) is 4. The minimum Gasteiger partial charge on any atom is -0.394 e. The molecule has 0 unspecified atom stereocenters. The fraction of sp³-hybridized carbons (Fsp3) is 0.333. The van der Waals surface area contributed by atoms with Crippen LogP contribution in [0.15, 0.2) is 60.8 Å². The largest absolute Gasteiger partial charge is 0.394 e. The fourth-order valence-electron chi connectivity index (χ4n) is 5.18. The molecule has 186 valence electrons. The third-order valence-electron chi connectivity index (χ3n) is 7.07. The molecule has 1 saturated heterocycles. The van der Waals surface area contributed by atoms with E-state index in [-0.39, 0.29) is 6.61 Å². The molecule has 1 aliphatic rings. The van der Waals surface area contributed by atoms with Crippen LogP contribution in [0.3, 0.4) is 0 Å². The molecule has 0 aliphatic carbocycles. The Morgan fingerprint density at radius 2 is 1.58 bits per heavy atom. The van der Waals surface area contributed by atoms with E-state index in [1.54, 1.807) is 6.20 Å². The first kappa shape index (κ1) is 23.2. The highest BCUT2D eigenvalue weighted by molar-refractivity contribution is 6.23. The van der Waals surface area contributed by atoms with Crippen molar-refractivity contribution in [3.8, 4) is 0 Å². The average molecular weight is 490 g/mol. The van der Waals surface area contributed by atoms with Crippen LogP contribution in [0, 0.1) is 0 Å². The van der Waals surface area contributed by atoms with Crippen molar-refractivity contribution in [1.29, 1.82) is 0 Å². The van der Waals surface area contributed by atoms with Gasteiger partial charge in [0.1, 0.15) is 30.1 Å². The van der Waals surface area contributed by atoms with Gasteiger partial charge in [0.2, 0.25) is 0 Å². The number of nitrogens with zero attached hydrogens (tertiary/aromatic N) is 3. The van der Waals surface area contributed by atoms with E-state index in [0.717, 1.165) is 6.42 Å². The lowest BCUT2D eigenvalue weighted by Crippen LogP contribution is -2.56. The first-order valence-electron chi connectivity index (χ1n) is 12.0. The molecule has 9 nitrogen and oxygen atoms in total. The van der Waals surface area contributed by atoms with Crippen LogP contribution in [0.2, 0.25) is 0 Å². The quantitative estimate of drug-likeness (QED) is 0.202. The van der Waals surface area contributed by atoms with E-state index < -0.39 is 37.3 Å². The predicted molar refractivity (Wildman–Crippen MR) is 133 cm³/mol. The van der Waals surface area contributed by atoms with Crippen LogP contribution in [-0.2, 0) is 22.5 Å². The van der Waals surface area contributed by atoms with Gasteiger partial charge in [0.25, 0.3) is 0 Å². The lowest BCUT2D eigenvalue weighted by molar-refractivity contribution is -0.254. The molecule has 1 fully saturated rings. The van der Waals surface area contributed by atoms with Gasteiger partial charge < -0.3 is 29.9 Å². The summed E-state index contributed by atoms with van der Waals surface area (Å²) in [6.07, 6.45) is -4.13. The maximum atomic E-state index is 10.3. The van der Waals surface area contributed by atoms with E-state index >= 15 is 0 Å².